The van der Waals surface area contributed by atoms with Gasteiger partial charge in [0.15, 0.2) is 0 Å². The molecule has 0 saturated heterocycles. The van der Waals surface area contributed by atoms with Gasteiger partial charge < -0.3 is 20.1 Å². The fourth-order valence-electron chi connectivity index (χ4n) is 4.30. The van der Waals surface area contributed by atoms with Gasteiger partial charge in [-0.05, 0) is 56.1 Å². The van der Waals surface area contributed by atoms with Gasteiger partial charge in [-0.1, -0.05) is 31.4 Å². The second-order valence-electron chi connectivity index (χ2n) is 8.20. The van der Waals surface area contributed by atoms with Crippen LogP contribution in [0, 0.1) is 17.7 Å². The molecule has 4 unspecified atom stereocenters. The van der Waals surface area contributed by atoms with Crippen LogP contribution in [0.3, 0.4) is 0 Å². The summed E-state index contributed by atoms with van der Waals surface area (Å²) < 4.78 is 18.3. The van der Waals surface area contributed by atoms with Crippen molar-refractivity contribution < 1.29 is 29.2 Å². The minimum atomic E-state index is -0.585. The topological polar surface area (TPSA) is 87.0 Å². The lowest BCUT2D eigenvalue weighted by molar-refractivity contribution is -0.140. The van der Waals surface area contributed by atoms with Gasteiger partial charge in [-0.3, -0.25) is 4.79 Å². The van der Waals surface area contributed by atoms with Crippen LogP contribution in [0.1, 0.15) is 57.8 Å². The highest BCUT2D eigenvalue weighted by Gasteiger charge is 2.40. The van der Waals surface area contributed by atoms with Crippen LogP contribution < -0.4 is 0 Å². The first-order chi connectivity index (χ1) is 14.4. The maximum absolute atomic E-state index is 13.7. The Hall–Kier alpha value is -1.15. The number of unbranched alkanes of at least 4 members (excludes halogenated alkanes) is 3. The Morgan fingerprint density at radius 3 is 2.50 bits per heavy atom. The van der Waals surface area contributed by atoms with E-state index in [1.165, 1.54) is 24.9 Å². The summed E-state index contributed by atoms with van der Waals surface area (Å²) in [4.78, 5) is 11.6. The molecule has 0 aromatic heterocycles. The van der Waals surface area contributed by atoms with Crippen molar-refractivity contribution in [3.05, 3.63) is 30.1 Å². The molecular formula is C23H35FO5S. The number of rotatable bonds is 13. The Morgan fingerprint density at radius 1 is 1.13 bits per heavy atom. The van der Waals surface area contributed by atoms with Crippen LogP contribution in [-0.4, -0.2) is 52.5 Å². The van der Waals surface area contributed by atoms with Crippen molar-refractivity contribution in [2.45, 2.75) is 81.0 Å². The summed E-state index contributed by atoms with van der Waals surface area (Å²) in [5.41, 5.74) is 0. The number of carbonyl (C=O) groups excluding carboxylic acids is 1. The molecule has 1 fully saturated rings. The number of aliphatic hydroxyl groups is 3. The third-order valence-corrected chi connectivity index (χ3v) is 7.21. The molecule has 0 radical (unpaired) electrons. The van der Waals surface area contributed by atoms with Gasteiger partial charge in [0.2, 0.25) is 0 Å². The van der Waals surface area contributed by atoms with Gasteiger partial charge in [0.25, 0.3) is 0 Å². The summed E-state index contributed by atoms with van der Waals surface area (Å²) in [5, 5.41) is 31.0. The molecule has 0 amide bonds. The van der Waals surface area contributed by atoms with E-state index >= 15 is 0 Å². The molecule has 5 nitrogen and oxygen atoms in total. The van der Waals surface area contributed by atoms with Crippen molar-refractivity contribution in [3.63, 3.8) is 0 Å². The van der Waals surface area contributed by atoms with Crippen LogP contribution in [0.5, 0.6) is 0 Å². The van der Waals surface area contributed by atoms with Crippen LogP contribution in [0.25, 0.3) is 0 Å². The lowest BCUT2D eigenvalue weighted by atomic mass is 9.85. The molecule has 5 atom stereocenters. The first kappa shape index (κ1) is 25.1. The highest BCUT2D eigenvalue weighted by Crippen LogP contribution is 2.39. The summed E-state index contributed by atoms with van der Waals surface area (Å²) >= 11 is 1.30. The van der Waals surface area contributed by atoms with E-state index in [1.807, 2.05) is 0 Å². The lowest BCUT2D eigenvalue weighted by Crippen LogP contribution is -2.24. The first-order valence-electron chi connectivity index (χ1n) is 10.9. The summed E-state index contributed by atoms with van der Waals surface area (Å²) in [5.74, 6) is -0.0565. The average molecular weight is 443 g/mol. The van der Waals surface area contributed by atoms with Crippen molar-refractivity contribution in [1.29, 1.82) is 0 Å². The quantitative estimate of drug-likeness (QED) is 0.244. The third-order valence-electron chi connectivity index (χ3n) is 6.02. The van der Waals surface area contributed by atoms with E-state index < -0.39 is 18.3 Å². The second kappa shape index (κ2) is 13.3. The van der Waals surface area contributed by atoms with Crippen LogP contribution in [-0.2, 0) is 9.53 Å². The fourth-order valence-corrected chi connectivity index (χ4v) is 5.22. The highest BCUT2D eigenvalue weighted by atomic mass is 32.2. The van der Waals surface area contributed by atoms with E-state index in [2.05, 4.69) is 4.74 Å². The lowest BCUT2D eigenvalue weighted by Gasteiger charge is -2.24. The normalized spacial score (nSPS) is 24.7. The Bertz CT molecular complexity index is 644. The highest BCUT2D eigenvalue weighted by molar-refractivity contribution is 7.99. The number of esters is 1. The Morgan fingerprint density at radius 2 is 1.80 bits per heavy atom. The number of hydrogen-bond donors (Lipinski definition) is 3. The smallest absolute Gasteiger partial charge is 0.305 e. The van der Waals surface area contributed by atoms with Crippen LogP contribution >= 0.6 is 11.8 Å². The number of aliphatic hydroxyl groups excluding tert-OH is 3. The predicted octanol–water partition coefficient (Wildman–Crippen LogP) is 3.93. The zero-order valence-electron chi connectivity index (χ0n) is 17.7. The molecule has 0 aliphatic heterocycles. The maximum Gasteiger partial charge on any atom is 0.305 e. The number of carbonyl (C=O) groups is 1. The maximum atomic E-state index is 13.7. The van der Waals surface area contributed by atoms with Gasteiger partial charge in [-0.15, -0.1) is 11.8 Å². The summed E-state index contributed by atoms with van der Waals surface area (Å²) in [6, 6.07) is 6.52. The molecule has 170 valence electrons. The van der Waals surface area contributed by atoms with E-state index in [1.54, 1.807) is 18.2 Å². The number of ether oxygens (including phenoxy) is 1. The molecule has 0 bridgehead atoms. The Kier molecular flexibility index (Phi) is 11.1. The predicted molar refractivity (Wildman–Crippen MR) is 116 cm³/mol. The SMILES string of the molecule is COC(=O)CCCCCCC1C(O)CC(O)[C@@H]1CCC(O)CSc1ccccc1F. The number of benzene rings is 1. The molecule has 0 heterocycles. The molecule has 1 aromatic rings. The van der Waals surface area contributed by atoms with Crippen LogP contribution in [0.2, 0.25) is 0 Å². The molecule has 3 N–H and O–H groups in total. The van der Waals surface area contributed by atoms with Gasteiger partial charge in [0.05, 0.1) is 25.4 Å². The minimum absolute atomic E-state index is 0.0248. The molecule has 2 rings (SSSR count). The van der Waals surface area contributed by atoms with E-state index in [9.17, 15) is 24.5 Å². The first-order valence-corrected chi connectivity index (χ1v) is 11.9. The van der Waals surface area contributed by atoms with Crippen molar-refractivity contribution in [2.24, 2.45) is 11.8 Å². The zero-order valence-corrected chi connectivity index (χ0v) is 18.5. The standard InChI is InChI=1S/C23H35FO5S/c1-29-23(28)11-5-3-2-4-8-17-18(21(27)14-20(17)26)13-12-16(25)15-30-22-10-7-6-9-19(22)24/h6-7,9-10,16-18,20-21,25-27H,2-5,8,11-15H2,1H3/t16?,17?,18-,20?,21?/m1/s1. The zero-order chi connectivity index (χ0) is 21.9. The van der Waals surface area contributed by atoms with E-state index in [0.717, 1.165) is 32.1 Å². The van der Waals surface area contributed by atoms with E-state index in [4.69, 9.17) is 0 Å². The van der Waals surface area contributed by atoms with Crippen molar-refractivity contribution in [3.8, 4) is 0 Å². The van der Waals surface area contributed by atoms with Crippen molar-refractivity contribution in [1.82, 2.24) is 0 Å². The molecule has 1 aromatic carbocycles. The number of methoxy groups -OCH3 is 1. The molecule has 1 aliphatic carbocycles. The molecule has 30 heavy (non-hydrogen) atoms. The second-order valence-corrected chi connectivity index (χ2v) is 9.26. The van der Waals surface area contributed by atoms with Gasteiger partial charge in [0.1, 0.15) is 5.82 Å². The summed E-state index contributed by atoms with van der Waals surface area (Å²) in [6.45, 7) is 0. The monoisotopic (exact) mass is 442 g/mol. The van der Waals surface area contributed by atoms with Crippen molar-refractivity contribution in [2.75, 3.05) is 12.9 Å². The number of thioether (sulfide) groups is 1. The average Bonchev–Trinajstić information content (AvgIpc) is 3.00. The van der Waals surface area contributed by atoms with Gasteiger partial charge >= 0.3 is 5.97 Å². The Labute approximate surface area is 183 Å². The van der Waals surface area contributed by atoms with E-state index in [0.29, 0.717) is 36.3 Å². The summed E-state index contributed by atoms with van der Waals surface area (Å²) in [6.07, 6.45) is 4.85. The van der Waals surface area contributed by atoms with Crippen molar-refractivity contribution >= 4 is 17.7 Å². The van der Waals surface area contributed by atoms with Crippen LogP contribution in [0.15, 0.2) is 29.2 Å². The molecule has 1 saturated carbocycles. The van der Waals surface area contributed by atoms with E-state index in [-0.39, 0.29) is 23.6 Å². The van der Waals surface area contributed by atoms with Gasteiger partial charge in [-0.2, -0.15) is 0 Å². The van der Waals surface area contributed by atoms with Gasteiger partial charge in [0, 0.05) is 17.1 Å². The van der Waals surface area contributed by atoms with Crippen LogP contribution in [0.4, 0.5) is 4.39 Å². The minimum Gasteiger partial charge on any atom is -0.469 e. The Balaban J connectivity index is 1.70. The summed E-state index contributed by atoms with van der Waals surface area (Å²) in [7, 11) is 1.39. The largest absolute Gasteiger partial charge is 0.469 e. The van der Waals surface area contributed by atoms with Gasteiger partial charge in [-0.25, -0.2) is 4.39 Å². The molecule has 7 heteroatoms. The number of halogens is 1. The molecular weight excluding hydrogens is 407 g/mol. The molecule has 0 spiro atoms. The fraction of sp³-hybridized carbons (Fsp3) is 0.696. The molecule has 1 aliphatic rings. The number of hydrogen-bond acceptors (Lipinski definition) is 6. The third kappa shape index (κ3) is 8.17.